The maximum absolute atomic E-state index is 5.04. The van der Waals surface area contributed by atoms with E-state index in [0.29, 0.717) is 6.61 Å². The summed E-state index contributed by atoms with van der Waals surface area (Å²) in [6.45, 7) is 9.24. The molecule has 128 valence electrons. The molecule has 7 heteroatoms. The highest BCUT2D eigenvalue weighted by Gasteiger charge is 2.20. The van der Waals surface area contributed by atoms with Crippen molar-refractivity contribution in [3.8, 4) is 0 Å². The molecule has 0 bridgehead atoms. The van der Waals surface area contributed by atoms with Crippen molar-refractivity contribution in [1.82, 2.24) is 24.8 Å². The highest BCUT2D eigenvalue weighted by Crippen LogP contribution is 2.18. The van der Waals surface area contributed by atoms with Crippen LogP contribution in [0, 0.1) is 13.8 Å². The third kappa shape index (κ3) is 4.04. The Morgan fingerprint density at radius 1 is 1.00 bits per heavy atom. The fraction of sp³-hybridized carbons (Fsp3) is 0.529. The molecule has 0 aliphatic carbocycles. The van der Waals surface area contributed by atoms with Gasteiger partial charge in [-0.15, -0.1) is 0 Å². The summed E-state index contributed by atoms with van der Waals surface area (Å²) in [5.74, 6) is 1.74. The van der Waals surface area contributed by atoms with Gasteiger partial charge in [0.2, 0.25) is 0 Å². The van der Waals surface area contributed by atoms with Gasteiger partial charge in [0.05, 0.1) is 11.4 Å². The van der Waals surface area contributed by atoms with Gasteiger partial charge >= 0.3 is 0 Å². The molecule has 2 aromatic rings. The lowest BCUT2D eigenvalue weighted by molar-refractivity contribution is 0.177. The number of nitrogens with zero attached hydrogens (tertiary/aromatic N) is 6. The van der Waals surface area contributed by atoms with Gasteiger partial charge in [-0.05, 0) is 13.8 Å². The maximum atomic E-state index is 5.04. The zero-order valence-corrected chi connectivity index (χ0v) is 14.6. The Hall–Kier alpha value is -2.12. The summed E-state index contributed by atoms with van der Waals surface area (Å²) in [6.07, 6.45) is 5.61. The highest BCUT2D eigenvalue weighted by atomic mass is 16.5. The Morgan fingerprint density at radius 3 is 2.38 bits per heavy atom. The molecular formula is C17H24N6O. The second kappa shape index (κ2) is 7.63. The summed E-state index contributed by atoms with van der Waals surface area (Å²) < 4.78 is 5.04. The number of methoxy groups -OCH3 is 1. The molecule has 0 amide bonds. The normalized spacial score (nSPS) is 15.7. The zero-order chi connectivity index (χ0) is 16.9. The summed E-state index contributed by atoms with van der Waals surface area (Å²) in [7, 11) is 1.65. The quantitative estimate of drug-likeness (QED) is 0.821. The van der Waals surface area contributed by atoms with E-state index < -0.39 is 0 Å². The van der Waals surface area contributed by atoms with Crippen molar-refractivity contribution >= 4 is 5.82 Å². The van der Waals surface area contributed by atoms with Crippen molar-refractivity contribution in [3.05, 3.63) is 41.4 Å². The van der Waals surface area contributed by atoms with Gasteiger partial charge in [0, 0.05) is 64.0 Å². The molecule has 3 heterocycles. The van der Waals surface area contributed by atoms with Crippen molar-refractivity contribution in [3.63, 3.8) is 0 Å². The molecule has 0 N–H and O–H groups in total. The van der Waals surface area contributed by atoms with E-state index in [2.05, 4.69) is 29.7 Å². The summed E-state index contributed by atoms with van der Waals surface area (Å²) in [5.41, 5.74) is 3.09. The molecule has 0 radical (unpaired) electrons. The molecule has 0 unspecified atom stereocenters. The van der Waals surface area contributed by atoms with E-state index in [-0.39, 0.29) is 0 Å². The maximum Gasteiger partial charge on any atom is 0.153 e. The minimum absolute atomic E-state index is 0.454. The van der Waals surface area contributed by atoms with Gasteiger partial charge in [0.1, 0.15) is 12.4 Å². The SMILES string of the molecule is COCc1ncc(CN2CCN(c3nc(C)cnc3C)CC2)cn1. The van der Waals surface area contributed by atoms with E-state index in [1.165, 1.54) is 0 Å². The second-order valence-electron chi connectivity index (χ2n) is 6.12. The van der Waals surface area contributed by atoms with Gasteiger partial charge in [-0.2, -0.15) is 0 Å². The first-order valence-corrected chi connectivity index (χ1v) is 8.22. The van der Waals surface area contributed by atoms with Crippen LogP contribution in [0.3, 0.4) is 0 Å². The van der Waals surface area contributed by atoms with E-state index in [9.17, 15) is 0 Å². The summed E-state index contributed by atoms with van der Waals surface area (Å²) in [4.78, 5) is 22.5. The molecule has 24 heavy (non-hydrogen) atoms. The number of hydrogen-bond donors (Lipinski definition) is 0. The van der Waals surface area contributed by atoms with Crippen LogP contribution in [0.1, 0.15) is 22.8 Å². The lowest BCUT2D eigenvalue weighted by atomic mass is 10.2. The third-order valence-electron chi connectivity index (χ3n) is 4.16. The molecule has 1 saturated heterocycles. The van der Waals surface area contributed by atoms with Gasteiger partial charge in [0.25, 0.3) is 0 Å². The van der Waals surface area contributed by atoms with Gasteiger partial charge < -0.3 is 9.64 Å². The third-order valence-corrected chi connectivity index (χ3v) is 4.16. The molecule has 0 aromatic carbocycles. The Morgan fingerprint density at radius 2 is 1.71 bits per heavy atom. The predicted molar refractivity (Wildman–Crippen MR) is 91.7 cm³/mol. The Bertz CT molecular complexity index is 667. The molecule has 1 fully saturated rings. The first-order valence-electron chi connectivity index (χ1n) is 8.22. The molecule has 0 atom stereocenters. The average Bonchev–Trinajstić information content (AvgIpc) is 2.60. The molecular weight excluding hydrogens is 304 g/mol. The van der Waals surface area contributed by atoms with Crippen molar-refractivity contribution in [2.24, 2.45) is 0 Å². The number of ether oxygens (including phenoxy) is 1. The van der Waals surface area contributed by atoms with Crippen molar-refractivity contribution < 1.29 is 4.74 Å². The van der Waals surface area contributed by atoms with Crippen LogP contribution in [0.5, 0.6) is 0 Å². The van der Waals surface area contributed by atoms with Crippen LogP contribution in [0.4, 0.5) is 5.82 Å². The van der Waals surface area contributed by atoms with Crippen LogP contribution in [-0.4, -0.2) is 58.1 Å². The molecule has 0 saturated carbocycles. The molecule has 2 aromatic heterocycles. The standard InChI is InChI=1S/C17H24N6O/c1-13-8-18-14(2)17(21-13)23-6-4-22(5-7-23)11-15-9-19-16(12-24-3)20-10-15/h8-10H,4-7,11-12H2,1-3H3. The Kier molecular flexibility index (Phi) is 5.32. The van der Waals surface area contributed by atoms with E-state index in [4.69, 9.17) is 4.74 Å². The first-order chi connectivity index (χ1) is 11.7. The summed E-state index contributed by atoms with van der Waals surface area (Å²) >= 11 is 0. The fourth-order valence-electron chi connectivity index (χ4n) is 2.87. The lowest BCUT2D eigenvalue weighted by Crippen LogP contribution is -2.46. The van der Waals surface area contributed by atoms with Crippen LogP contribution in [0.2, 0.25) is 0 Å². The largest absolute Gasteiger partial charge is 0.377 e. The molecule has 1 aliphatic heterocycles. The zero-order valence-electron chi connectivity index (χ0n) is 14.6. The number of aryl methyl sites for hydroxylation is 2. The highest BCUT2D eigenvalue weighted by molar-refractivity contribution is 5.43. The van der Waals surface area contributed by atoms with E-state index in [0.717, 1.165) is 61.3 Å². The van der Waals surface area contributed by atoms with Gasteiger partial charge in [-0.3, -0.25) is 9.88 Å². The minimum atomic E-state index is 0.454. The monoisotopic (exact) mass is 328 g/mol. The van der Waals surface area contributed by atoms with Crippen LogP contribution < -0.4 is 4.90 Å². The Labute approximate surface area is 142 Å². The molecule has 3 rings (SSSR count). The lowest BCUT2D eigenvalue weighted by Gasteiger charge is -2.35. The summed E-state index contributed by atoms with van der Waals surface area (Å²) in [6, 6.07) is 0. The molecule has 7 nitrogen and oxygen atoms in total. The number of aromatic nitrogens is 4. The van der Waals surface area contributed by atoms with Gasteiger partial charge in [0.15, 0.2) is 5.82 Å². The molecule has 1 aliphatic rings. The fourth-order valence-corrected chi connectivity index (χ4v) is 2.87. The minimum Gasteiger partial charge on any atom is -0.377 e. The number of rotatable bonds is 5. The number of anilines is 1. The smallest absolute Gasteiger partial charge is 0.153 e. The summed E-state index contributed by atoms with van der Waals surface area (Å²) in [5, 5.41) is 0. The van der Waals surface area contributed by atoms with Crippen LogP contribution in [-0.2, 0) is 17.9 Å². The van der Waals surface area contributed by atoms with Crippen LogP contribution >= 0.6 is 0 Å². The van der Waals surface area contributed by atoms with E-state index >= 15 is 0 Å². The first kappa shape index (κ1) is 16.7. The van der Waals surface area contributed by atoms with Gasteiger partial charge in [-0.1, -0.05) is 0 Å². The Balaban J connectivity index is 1.56. The van der Waals surface area contributed by atoms with Crippen molar-refractivity contribution in [2.75, 3.05) is 38.2 Å². The number of piperazine rings is 1. The topological polar surface area (TPSA) is 67.3 Å². The van der Waals surface area contributed by atoms with E-state index in [1.807, 2.05) is 32.4 Å². The number of hydrogen-bond acceptors (Lipinski definition) is 7. The van der Waals surface area contributed by atoms with Crippen molar-refractivity contribution in [1.29, 1.82) is 0 Å². The van der Waals surface area contributed by atoms with Crippen molar-refractivity contribution in [2.45, 2.75) is 27.0 Å². The van der Waals surface area contributed by atoms with Gasteiger partial charge in [-0.25, -0.2) is 15.0 Å². The van der Waals surface area contributed by atoms with Crippen LogP contribution in [0.25, 0.3) is 0 Å². The second-order valence-corrected chi connectivity index (χ2v) is 6.12. The average molecular weight is 328 g/mol. The molecule has 0 spiro atoms. The van der Waals surface area contributed by atoms with E-state index in [1.54, 1.807) is 7.11 Å². The predicted octanol–water partition coefficient (Wildman–Crippen LogP) is 1.35. The van der Waals surface area contributed by atoms with Crippen LogP contribution in [0.15, 0.2) is 18.6 Å².